The Balaban J connectivity index is 1.35. The Morgan fingerprint density at radius 3 is 2.03 bits per heavy atom. The minimum absolute atomic E-state index is 0.195. The van der Waals surface area contributed by atoms with Crippen molar-refractivity contribution in [3.05, 3.63) is 103 Å². The molecule has 4 nitrogen and oxygen atoms in total. The number of anilines is 1. The van der Waals surface area contributed by atoms with Crippen molar-refractivity contribution in [3.8, 4) is 0 Å². The van der Waals surface area contributed by atoms with E-state index in [1.165, 1.54) is 5.39 Å². The molecule has 0 fully saturated rings. The van der Waals surface area contributed by atoms with Gasteiger partial charge in [0, 0.05) is 11.3 Å². The summed E-state index contributed by atoms with van der Waals surface area (Å²) in [5.41, 5.74) is 4.58. The average Bonchev–Trinajstić information content (AvgIpc) is 2.83. The van der Waals surface area contributed by atoms with E-state index in [0.29, 0.717) is 0 Å². The summed E-state index contributed by atoms with van der Waals surface area (Å²) in [6.07, 6.45) is 1.74. The zero-order chi connectivity index (χ0) is 21.9. The van der Waals surface area contributed by atoms with Crippen molar-refractivity contribution in [2.45, 2.75) is 13.0 Å². The van der Waals surface area contributed by atoms with Crippen LogP contribution in [0, 0.1) is 0 Å². The van der Waals surface area contributed by atoms with Crippen LogP contribution >= 0.6 is 0 Å². The van der Waals surface area contributed by atoms with E-state index >= 15 is 0 Å². The van der Waals surface area contributed by atoms with Crippen molar-refractivity contribution >= 4 is 50.1 Å². The van der Waals surface area contributed by atoms with E-state index in [-0.39, 0.29) is 5.91 Å². The van der Waals surface area contributed by atoms with Crippen molar-refractivity contribution in [3.63, 3.8) is 0 Å². The van der Waals surface area contributed by atoms with Crippen LogP contribution in [0.4, 0.5) is 5.69 Å². The largest absolute Gasteiger partial charge is 0.374 e. The number of hydrazone groups is 1. The van der Waals surface area contributed by atoms with Crippen LogP contribution in [0.25, 0.3) is 32.3 Å². The van der Waals surface area contributed by atoms with Crippen molar-refractivity contribution < 1.29 is 4.79 Å². The minimum atomic E-state index is -0.433. The molecule has 0 aliphatic carbocycles. The highest BCUT2D eigenvalue weighted by Gasteiger charge is 2.12. The Morgan fingerprint density at radius 2 is 1.34 bits per heavy atom. The van der Waals surface area contributed by atoms with Gasteiger partial charge in [-0.3, -0.25) is 4.79 Å². The summed E-state index contributed by atoms with van der Waals surface area (Å²) in [7, 11) is 0. The lowest BCUT2D eigenvalue weighted by Crippen LogP contribution is -2.34. The van der Waals surface area contributed by atoms with Gasteiger partial charge in [-0.1, -0.05) is 78.9 Å². The van der Waals surface area contributed by atoms with Gasteiger partial charge in [0.05, 0.1) is 6.21 Å². The molecule has 32 heavy (non-hydrogen) atoms. The highest BCUT2D eigenvalue weighted by Crippen LogP contribution is 2.27. The Labute approximate surface area is 186 Å². The molecule has 0 bridgehead atoms. The SMILES string of the molecule is CC(Nc1ccc2ccccc2c1)C(=O)N/N=C/c1c2ccccc2cc2ccccc12. The molecule has 0 saturated carbocycles. The first kappa shape index (κ1) is 19.8. The van der Waals surface area contributed by atoms with E-state index in [4.69, 9.17) is 0 Å². The topological polar surface area (TPSA) is 53.5 Å². The van der Waals surface area contributed by atoms with Crippen molar-refractivity contribution in [1.82, 2.24) is 5.43 Å². The van der Waals surface area contributed by atoms with Crippen molar-refractivity contribution in [2.24, 2.45) is 5.10 Å². The molecule has 5 rings (SSSR count). The zero-order valence-corrected chi connectivity index (χ0v) is 17.7. The fourth-order valence-corrected chi connectivity index (χ4v) is 4.04. The number of nitrogens with zero attached hydrogens (tertiary/aromatic N) is 1. The summed E-state index contributed by atoms with van der Waals surface area (Å²) >= 11 is 0. The fraction of sp³-hybridized carbons (Fsp3) is 0.0714. The van der Waals surface area contributed by atoms with E-state index in [0.717, 1.165) is 38.2 Å². The molecule has 0 heterocycles. The number of rotatable bonds is 5. The lowest BCUT2D eigenvalue weighted by atomic mass is 9.97. The molecule has 0 aliphatic rings. The fourth-order valence-electron chi connectivity index (χ4n) is 4.04. The molecule has 0 radical (unpaired) electrons. The Morgan fingerprint density at radius 1 is 0.750 bits per heavy atom. The van der Waals surface area contributed by atoms with Crippen LogP contribution in [0.5, 0.6) is 0 Å². The van der Waals surface area contributed by atoms with Gasteiger partial charge in [-0.05, 0) is 57.4 Å². The molecule has 0 saturated heterocycles. The summed E-state index contributed by atoms with van der Waals surface area (Å²) in [5, 5.41) is 14.3. The molecule has 0 spiro atoms. The zero-order valence-electron chi connectivity index (χ0n) is 17.7. The molecule has 156 valence electrons. The van der Waals surface area contributed by atoms with Gasteiger partial charge < -0.3 is 5.32 Å². The van der Waals surface area contributed by atoms with Gasteiger partial charge in [-0.25, -0.2) is 5.43 Å². The number of nitrogens with one attached hydrogen (secondary N) is 2. The third-order valence-electron chi connectivity index (χ3n) is 5.71. The Hall–Kier alpha value is -4.18. The Kier molecular flexibility index (Phi) is 5.26. The summed E-state index contributed by atoms with van der Waals surface area (Å²) in [6, 6.07) is 32.4. The predicted octanol–water partition coefficient (Wildman–Crippen LogP) is 6.10. The average molecular weight is 418 g/mol. The smallest absolute Gasteiger partial charge is 0.262 e. The van der Waals surface area contributed by atoms with Crippen LogP contribution in [0.3, 0.4) is 0 Å². The van der Waals surface area contributed by atoms with E-state index in [9.17, 15) is 4.79 Å². The second-order valence-electron chi connectivity index (χ2n) is 7.89. The van der Waals surface area contributed by atoms with Crippen LogP contribution in [0.1, 0.15) is 12.5 Å². The molecule has 2 N–H and O–H groups in total. The highest BCUT2D eigenvalue weighted by molar-refractivity contribution is 6.13. The maximum atomic E-state index is 12.6. The molecule has 1 unspecified atom stereocenters. The molecule has 1 atom stereocenters. The third kappa shape index (κ3) is 3.91. The second-order valence-corrected chi connectivity index (χ2v) is 7.89. The number of hydrogen-bond acceptors (Lipinski definition) is 3. The number of hydrogen-bond donors (Lipinski definition) is 2. The van der Waals surface area contributed by atoms with Gasteiger partial charge in [0.15, 0.2) is 0 Å². The van der Waals surface area contributed by atoms with Crippen molar-refractivity contribution in [2.75, 3.05) is 5.32 Å². The molecule has 4 heteroatoms. The molecule has 5 aromatic carbocycles. The molecule has 0 aliphatic heterocycles. The summed E-state index contributed by atoms with van der Waals surface area (Å²) in [4.78, 5) is 12.6. The molecular formula is C28H23N3O. The highest BCUT2D eigenvalue weighted by atomic mass is 16.2. The predicted molar refractivity (Wildman–Crippen MR) is 134 cm³/mol. The lowest BCUT2D eigenvalue weighted by molar-refractivity contribution is -0.121. The van der Waals surface area contributed by atoms with Gasteiger partial charge in [-0.15, -0.1) is 0 Å². The van der Waals surface area contributed by atoms with Crippen LogP contribution in [-0.2, 0) is 4.79 Å². The molecule has 5 aromatic rings. The third-order valence-corrected chi connectivity index (χ3v) is 5.71. The van der Waals surface area contributed by atoms with Gasteiger partial charge in [-0.2, -0.15) is 5.10 Å². The standard InChI is InChI=1S/C28H23N3O/c1-19(30-24-15-14-20-8-2-3-9-21(20)17-24)28(32)31-29-18-27-25-12-6-4-10-22(25)16-23-11-5-7-13-26(23)27/h2-19,30H,1H3,(H,31,32)/b29-18+. The lowest BCUT2D eigenvalue weighted by Gasteiger charge is -2.14. The van der Waals surface area contributed by atoms with E-state index in [1.807, 2.05) is 61.5 Å². The van der Waals surface area contributed by atoms with E-state index < -0.39 is 6.04 Å². The van der Waals surface area contributed by atoms with Gasteiger partial charge in [0.25, 0.3) is 5.91 Å². The normalized spacial score (nSPS) is 12.4. The van der Waals surface area contributed by atoms with Crippen LogP contribution < -0.4 is 10.7 Å². The molecule has 1 amide bonds. The number of carbonyl (C=O) groups is 1. The maximum absolute atomic E-state index is 12.6. The first-order valence-corrected chi connectivity index (χ1v) is 10.7. The number of carbonyl (C=O) groups excluding carboxylic acids is 1. The maximum Gasteiger partial charge on any atom is 0.262 e. The van der Waals surface area contributed by atoms with Crippen LogP contribution in [0.15, 0.2) is 102 Å². The monoisotopic (exact) mass is 417 g/mol. The number of amides is 1. The van der Waals surface area contributed by atoms with E-state index in [2.05, 4.69) is 58.3 Å². The van der Waals surface area contributed by atoms with Gasteiger partial charge in [0.1, 0.15) is 6.04 Å². The molecular weight excluding hydrogens is 394 g/mol. The minimum Gasteiger partial charge on any atom is -0.374 e. The molecule has 0 aromatic heterocycles. The van der Waals surface area contributed by atoms with E-state index in [1.54, 1.807) is 6.21 Å². The first-order chi connectivity index (χ1) is 15.7. The van der Waals surface area contributed by atoms with Crippen LogP contribution in [-0.4, -0.2) is 18.2 Å². The van der Waals surface area contributed by atoms with Crippen molar-refractivity contribution in [1.29, 1.82) is 0 Å². The second kappa shape index (κ2) is 8.52. The Bertz CT molecular complexity index is 1420. The summed E-state index contributed by atoms with van der Waals surface area (Å²) in [5.74, 6) is -0.195. The van der Waals surface area contributed by atoms with Gasteiger partial charge >= 0.3 is 0 Å². The number of fused-ring (bicyclic) bond motifs is 3. The van der Waals surface area contributed by atoms with Gasteiger partial charge in [0.2, 0.25) is 0 Å². The summed E-state index contributed by atoms with van der Waals surface area (Å²) < 4.78 is 0. The first-order valence-electron chi connectivity index (χ1n) is 10.7. The summed E-state index contributed by atoms with van der Waals surface area (Å²) in [6.45, 7) is 1.83. The quantitative estimate of drug-likeness (QED) is 0.206. The van der Waals surface area contributed by atoms with Crippen LogP contribution in [0.2, 0.25) is 0 Å². The number of benzene rings is 5.